The number of carbonyl (C=O) groups is 1. The Hall–Kier alpha value is -1.42. The molecule has 0 radical (unpaired) electrons. The molecular formula is C14H20FNO2. The average molecular weight is 253 g/mol. The van der Waals surface area contributed by atoms with Crippen LogP contribution in [0, 0.1) is 5.82 Å². The number of benzene rings is 1. The van der Waals surface area contributed by atoms with E-state index in [-0.39, 0.29) is 24.4 Å². The first kappa shape index (κ1) is 14.6. The van der Waals surface area contributed by atoms with Gasteiger partial charge in [-0.3, -0.25) is 4.79 Å². The van der Waals surface area contributed by atoms with Crippen LogP contribution in [0.5, 0.6) is 0 Å². The lowest BCUT2D eigenvalue weighted by Gasteiger charge is -2.19. The summed E-state index contributed by atoms with van der Waals surface area (Å²) in [6.45, 7) is 3.75. The summed E-state index contributed by atoms with van der Waals surface area (Å²) in [5.41, 5.74) is 0.659. The summed E-state index contributed by atoms with van der Waals surface area (Å²) in [6.07, 6.45) is 1.31. The van der Waals surface area contributed by atoms with E-state index in [4.69, 9.17) is 5.11 Å². The van der Waals surface area contributed by atoms with Gasteiger partial charge in [-0.15, -0.1) is 0 Å². The maximum Gasteiger partial charge on any atom is 0.227 e. The third-order valence-electron chi connectivity index (χ3n) is 3.06. The molecule has 2 N–H and O–H groups in total. The number of nitrogens with one attached hydrogen (secondary N) is 1. The lowest BCUT2D eigenvalue weighted by molar-refractivity contribution is -0.123. The van der Waals surface area contributed by atoms with Crippen molar-refractivity contribution in [2.75, 3.05) is 6.61 Å². The van der Waals surface area contributed by atoms with Crippen LogP contribution < -0.4 is 5.32 Å². The second-order valence-electron chi connectivity index (χ2n) is 4.40. The van der Waals surface area contributed by atoms with Crippen LogP contribution >= 0.6 is 0 Å². The summed E-state index contributed by atoms with van der Waals surface area (Å²) in [7, 11) is 0. The van der Waals surface area contributed by atoms with Gasteiger partial charge in [-0.05, 0) is 37.5 Å². The fraction of sp³-hybridized carbons (Fsp3) is 0.500. The molecule has 2 unspecified atom stereocenters. The van der Waals surface area contributed by atoms with Crippen molar-refractivity contribution in [2.45, 2.75) is 38.6 Å². The molecule has 0 aromatic heterocycles. The maximum absolute atomic E-state index is 13.1. The van der Waals surface area contributed by atoms with Gasteiger partial charge in [0.05, 0.1) is 5.92 Å². The molecule has 0 saturated heterocycles. The second-order valence-corrected chi connectivity index (χ2v) is 4.40. The molecule has 100 valence electrons. The van der Waals surface area contributed by atoms with Gasteiger partial charge in [-0.2, -0.15) is 0 Å². The van der Waals surface area contributed by atoms with Crippen LogP contribution in [-0.4, -0.2) is 23.7 Å². The van der Waals surface area contributed by atoms with E-state index in [1.165, 1.54) is 12.1 Å². The van der Waals surface area contributed by atoms with Crippen molar-refractivity contribution >= 4 is 5.91 Å². The number of carbonyl (C=O) groups excluding carboxylic acids is 1. The summed E-state index contributed by atoms with van der Waals surface area (Å²) < 4.78 is 13.1. The van der Waals surface area contributed by atoms with Crippen molar-refractivity contribution < 1.29 is 14.3 Å². The van der Waals surface area contributed by atoms with Crippen LogP contribution in [0.1, 0.15) is 38.2 Å². The first-order valence-corrected chi connectivity index (χ1v) is 6.25. The number of halogens is 1. The summed E-state index contributed by atoms with van der Waals surface area (Å²) in [5.74, 6) is -0.871. The van der Waals surface area contributed by atoms with Crippen LogP contribution in [0.15, 0.2) is 24.3 Å². The average Bonchev–Trinajstić information content (AvgIpc) is 2.37. The minimum atomic E-state index is -0.395. The molecule has 3 nitrogen and oxygen atoms in total. The Morgan fingerprint density at radius 3 is 2.78 bits per heavy atom. The lowest BCUT2D eigenvalue weighted by Crippen LogP contribution is -2.37. The normalized spacial score (nSPS) is 14.0. The number of hydrogen-bond acceptors (Lipinski definition) is 2. The number of hydrogen-bond donors (Lipinski definition) is 2. The molecule has 2 atom stereocenters. The predicted octanol–water partition coefficient (Wildman–Crippen LogP) is 2.21. The van der Waals surface area contributed by atoms with Gasteiger partial charge in [-0.1, -0.05) is 19.1 Å². The van der Waals surface area contributed by atoms with Crippen molar-refractivity contribution in [1.82, 2.24) is 5.32 Å². The lowest BCUT2D eigenvalue weighted by atomic mass is 9.99. The van der Waals surface area contributed by atoms with Gasteiger partial charge >= 0.3 is 0 Å². The fourth-order valence-electron chi connectivity index (χ4n) is 1.79. The monoisotopic (exact) mass is 253 g/mol. The third-order valence-corrected chi connectivity index (χ3v) is 3.06. The number of aliphatic hydroxyl groups is 1. The molecule has 0 aliphatic heterocycles. The Kier molecular flexibility index (Phi) is 5.78. The van der Waals surface area contributed by atoms with Crippen molar-refractivity contribution in [3.63, 3.8) is 0 Å². The Balaban J connectivity index is 2.66. The molecule has 0 heterocycles. The van der Waals surface area contributed by atoms with Crippen molar-refractivity contribution in [3.8, 4) is 0 Å². The quantitative estimate of drug-likeness (QED) is 0.816. The molecule has 1 aromatic carbocycles. The standard InChI is InChI=1S/C14H20FNO2/c1-3-13(7-8-17)16-14(18)10(2)11-5-4-6-12(15)9-11/h4-6,9-10,13,17H,3,7-8H2,1-2H3,(H,16,18). The van der Waals surface area contributed by atoms with Crippen molar-refractivity contribution in [1.29, 1.82) is 0 Å². The third kappa shape index (κ3) is 4.11. The van der Waals surface area contributed by atoms with Gasteiger partial charge in [0.2, 0.25) is 5.91 Å². The van der Waals surface area contributed by atoms with Crippen LogP contribution in [0.25, 0.3) is 0 Å². The smallest absolute Gasteiger partial charge is 0.227 e. The Morgan fingerprint density at radius 2 is 2.22 bits per heavy atom. The van der Waals surface area contributed by atoms with Crippen molar-refractivity contribution in [2.24, 2.45) is 0 Å². The highest BCUT2D eigenvalue weighted by Crippen LogP contribution is 2.16. The molecule has 0 saturated carbocycles. The predicted molar refractivity (Wildman–Crippen MR) is 68.7 cm³/mol. The second kappa shape index (κ2) is 7.11. The van der Waals surface area contributed by atoms with E-state index in [9.17, 15) is 9.18 Å². The van der Waals surface area contributed by atoms with E-state index in [0.29, 0.717) is 12.0 Å². The number of amides is 1. The highest BCUT2D eigenvalue weighted by molar-refractivity contribution is 5.83. The summed E-state index contributed by atoms with van der Waals surface area (Å²) in [6, 6.07) is 6.03. The summed E-state index contributed by atoms with van der Waals surface area (Å²) in [4.78, 5) is 12.0. The van der Waals surface area contributed by atoms with Gasteiger partial charge in [0.25, 0.3) is 0 Å². The Bertz CT molecular complexity index is 395. The van der Waals surface area contributed by atoms with Gasteiger partial charge in [0.1, 0.15) is 5.82 Å². The molecule has 1 aromatic rings. The van der Waals surface area contributed by atoms with E-state index in [2.05, 4.69) is 5.32 Å². The first-order valence-electron chi connectivity index (χ1n) is 6.25. The molecular weight excluding hydrogens is 233 g/mol. The largest absolute Gasteiger partial charge is 0.396 e. The zero-order chi connectivity index (χ0) is 13.5. The van der Waals surface area contributed by atoms with Crippen LogP contribution in [0.2, 0.25) is 0 Å². The van der Waals surface area contributed by atoms with Gasteiger partial charge in [-0.25, -0.2) is 4.39 Å². The molecule has 0 spiro atoms. The van der Waals surface area contributed by atoms with E-state index < -0.39 is 5.92 Å². The van der Waals surface area contributed by atoms with Crippen molar-refractivity contribution in [3.05, 3.63) is 35.6 Å². The minimum absolute atomic E-state index is 0.0292. The molecule has 1 rings (SSSR count). The van der Waals surface area contributed by atoms with Gasteiger partial charge in [0.15, 0.2) is 0 Å². The number of rotatable bonds is 6. The molecule has 4 heteroatoms. The molecule has 0 aliphatic rings. The maximum atomic E-state index is 13.1. The molecule has 0 fully saturated rings. The number of aliphatic hydroxyl groups excluding tert-OH is 1. The van der Waals surface area contributed by atoms with E-state index in [1.54, 1.807) is 19.1 Å². The molecule has 1 amide bonds. The van der Waals surface area contributed by atoms with Crippen LogP contribution in [0.3, 0.4) is 0 Å². The zero-order valence-corrected chi connectivity index (χ0v) is 10.8. The molecule has 0 aliphatic carbocycles. The zero-order valence-electron chi connectivity index (χ0n) is 10.8. The van der Waals surface area contributed by atoms with E-state index in [1.807, 2.05) is 6.92 Å². The summed E-state index contributed by atoms with van der Waals surface area (Å²) in [5, 5.41) is 11.7. The topological polar surface area (TPSA) is 49.3 Å². The minimum Gasteiger partial charge on any atom is -0.396 e. The highest BCUT2D eigenvalue weighted by Gasteiger charge is 2.18. The molecule has 0 bridgehead atoms. The highest BCUT2D eigenvalue weighted by atomic mass is 19.1. The van der Waals surface area contributed by atoms with E-state index >= 15 is 0 Å². The van der Waals surface area contributed by atoms with E-state index in [0.717, 1.165) is 6.42 Å². The first-order chi connectivity index (χ1) is 8.58. The SMILES string of the molecule is CCC(CCO)NC(=O)C(C)c1cccc(F)c1. The van der Waals surface area contributed by atoms with Crippen LogP contribution in [0.4, 0.5) is 4.39 Å². The van der Waals surface area contributed by atoms with Gasteiger partial charge in [0, 0.05) is 12.6 Å². The Morgan fingerprint density at radius 1 is 1.50 bits per heavy atom. The summed E-state index contributed by atoms with van der Waals surface area (Å²) >= 11 is 0. The van der Waals surface area contributed by atoms with Crippen LogP contribution in [-0.2, 0) is 4.79 Å². The molecule has 18 heavy (non-hydrogen) atoms. The fourth-order valence-corrected chi connectivity index (χ4v) is 1.79. The Labute approximate surface area is 107 Å². The van der Waals surface area contributed by atoms with Gasteiger partial charge < -0.3 is 10.4 Å².